The summed E-state index contributed by atoms with van der Waals surface area (Å²) in [5.41, 5.74) is 3.10. The minimum atomic E-state index is 0.651. The predicted molar refractivity (Wildman–Crippen MR) is 106 cm³/mol. The van der Waals surface area contributed by atoms with Crippen LogP contribution in [0.25, 0.3) is 11.0 Å². The Bertz CT molecular complexity index is 921. The quantitative estimate of drug-likeness (QED) is 0.776. The number of anilines is 3. The third-order valence-electron chi connectivity index (χ3n) is 5.01. The van der Waals surface area contributed by atoms with Crippen LogP contribution in [-0.4, -0.2) is 32.8 Å². The lowest BCUT2D eigenvalue weighted by atomic mass is 9.92. The van der Waals surface area contributed by atoms with Crippen LogP contribution in [0.3, 0.4) is 0 Å². The van der Waals surface area contributed by atoms with E-state index in [1.807, 2.05) is 24.0 Å². The first-order chi connectivity index (χ1) is 12.5. The van der Waals surface area contributed by atoms with Crippen molar-refractivity contribution in [2.75, 3.05) is 23.3 Å². The molecule has 6 heteroatoms. The maximum Gasteiger partial charge on any atom is 0.229 e. The van der Waals surface area contributed by atoms with E-state index < -0.39 is 0 Å². The molecule has 4 rings (SSSR count). The van der Waals surface area contributed by atoms with Crippen molar-refractivity contribution < 1.29 is 0 Å². The summed E-state index contributed by atoms with van der Waals surface area (Å²) in [6.07, 6.45) is 3.09. The zero-order valence-corrected chi connectivity index (χ0v) is 15.9. The second kappa shape index (κ2) is 6.59. The highest BCUT2D eigenvalue weighted by molar-refractivity contribution is 5.89. The summed E-state index contributed by atoms with van der Waals surface area (Å²) in [5, 5.41) is 8.80. The maximum atomic E-state index is 4.88. The predicted octanol–water partition coefficient (Wildman–Crippen LogP) is 3.90. The number of nitrogens with one attached hydrogen (secondary N) is 1. The standard InChI is InChI=1S/C20H26N6/c1-13-6-5-7-16(9-13)22-18-17-10-21-25(4)19(17)24-20(23-18)26-11-14(2)8-15(3)12-26/h5-7,9-10,14-15H,8,11-12H2,1-4H3,(H,22,23,24)/t14-,15-/m1/s1. The summed E-state index contributed by atoms with van der Waals surface area (Å²) in [6.45, 7) is 8.69. The Morgan fingerprint density at radius 2 is 1.88 bits per heavy atom. The molecule has 0 bridgehead atoms. The van der Waals surface area contributed by atoms with E-state index in [0.29, 0.717) is 11.8 Å². The van der Waals surface area contributed by atoms with E-state index in [1.54, 1.807) is 0 Å². The van der Waals surface area contributed by atoms with Crippen LogP contribution in [0.5, 0.6) is 0 Å². The van der Waals surface area contributed by atoms with Gasteiger partial charge in [-0.3, -0.25) is 4.68 Å². The lowest BCUT2D eigenvalue weighted by Gasteiger charge is -2.35. The molecule has 0 radical (unpaired) electrons. The lowest BCUT2D eigenvalue weighted by Crippen LogP contribution is -2.39. The third-order valence-corrected chi connectivity index (χ3v) is 5.01. The molecule has 3 aromatic rings. The van der Waals surface area contributed by atoms with E-state index in [-0.39, 0.29) is 0 Å². The van der Waals surface area contributed by atoms with Gasteiger partial charge in [-0.25, -0.2) is 0 Å². The van der Waals surface area contributed by atoms with Gasteiger partial charge >= 0.3 is 0 Å². The number of hydrogen-bond donors (Lipinski definition) is 1. The van der Waals surface area contributed by atoms with Crippen LogP contribution in [0.2, 0.25) is 0 Å². The van der Waals surface area contributed by atoms with Crippen LogP contribution in [-0.2, 0) is 7.05 Å². The van der Waals surface area contributed by atoms with Crippen molar-refractivity contribution in [2.45, 2.75) is 27.2 Å². The zero-order chi connectivity index (χ0) is 18.3. The summed E-state index contributed by atoms with van der Waals surface area (Å²) in [6, 6.07) is 8.32. The monoisotopic (exact) mass is 350 g/mol. The van der Waals surface area contributed by atoms with Crippen LogP contribution >= 0.6 is 0 Å². The summed E-state index contributed by atoms with van der Waals surface area (Å²) >= 11 is 0. The van der Waals surface area contributed by atoms with Gasteiger partial charge in [-0.05, 0) is 42.9 Å². The highest BCUT2D eigenvalue weighted by atomic mass is 15.3. The molecule has 136 valence electrons. The molecule has 0 unspecified atom stereocenters. The maximum absolute atomic E-state index is 4.88. The molecule has 0 amide bonds. The molecule has 2 atom stereocenters. The second-order valence-electron chi connectivity index (χ2n) is 7.72. The van der Waals surface area contributed by atoms with E-state index in [2.05, 4.69) is 54.3 Å². The first kappa shape index (κ1) is 16.8. The molecule has 1 aliphatic heterocycles. The Labute approximate surface area is 154 Å². The average molecular weight is 350 g/mol. The topological polar surface area (TPSA) is 58.9 Å². The van der Waals surface area contributed by atoms with Crippen molar-refractivity contribution in [3.63, 3.8) is 0 Å². The summed E-state index contributed by atoms with van der Waals surface area (Å²) in [4.78, 5) is 12.0. The molecule has 1 aromatic carbocycles. The van der Waals surface area contributed by atoms with Gasteiger partial charge in [-0.2, -0.15) is 15.1 Å². The van der Waals surface area contributed by atoms with E-state index in [9.17, 15) is 0 Å². The summed E-state index contributed by atoms with van der Waals surface area (Å²) < 4.78 is 1.82. The number of nitrogens with zero attached hydrogens (tertiary/aromatic N) is 5. The smallest absolute Gasteiger partial charge is 0.229 e. The number of aryl methyl sites for hydroxylation is 2. The molecule has 0 spiro atoms. The van der Waals surface area contributed by atoms with Gasteiger partial charge in [0, 0.05) is 25.8 Å². The van der Waals surface area contributed by atoms with Gasteiger partial charge in [-0.1, -0.05) is 26.0 Å². The van der Waals surface area contributed by atoms with Crippen LogP contribution in [0.4, 0.5) is 17.5 Å². The summed E-state index contributed by atoms with van der Waals surface area (Å²) in [7, 11) is 1.93. The van der Waals surface area contributed by atoms with Crippen LogP contribution in [0, 0.1) is 18.8 Å². The zero-order valence-electron chi connectivity index (χ0n) is 15.9. The third kappa shape index (κ3) is 3.23. The molecule has 1 N–H and O–H groups in total. The molecule has 1 saturated heterocycles. The normalized spacial score (nSPS) is 20.5. The highest BCUT2D eigenvalue weighted by Crippen LogP contribution is 2.29. The van der Waals surface area contributed by atoms with Gasteiger partial charge in [0.25, 0.3) is 0 Å². The molecular formula is C20H26N6. The fourth-order valence-corrected chi connectivity index (χ4v) is 3.93. The molecule has 6 nitrogen and oxygen atoms in total. The average Bonchev–Trinajstić information content (AvgIpc) is 2.96. The molecule has 1 aliphatic rings. The second-order valence-corrected chi connectivity index (χ2v) is 7.72. The van der Waals surface area contributed by atoms with Gasteiger partial charge in [0.05, 0.1) is 11.6 Å². The number of rotatable bonds is 3. The minimum absolute atomic E-state index is 0.651. The number of piperidine rings is 1. The van der Waals surface area contributed by atoms with Crippen molar-refractivity contribution in [1.29, 1.82) is 0 Å². The van der Waals surface area contributed by atoms with Crippen LogP contribution in [0.15, 0.2) is 30.5 Å². The number of aromatic nitrogens is 4. The number of benzene rings is 1. The van der Waals surface area contributed by atoms with Crippen LogP contribution < -0.4 is 10.2 Å². The first-order valence-electron chi connectivity index (χ1n) is 9.28. The molecule has 26 heavy (non-hydrogen) atoms. The van der Waals surface area contributed by atoms with E-state index in [4.69, 9.17) is 9.97 Å². The van der Waals surface area contributed by atoms with Crippen molar-refractivity contribution in [3.05, 3.63) is 36.0 Å². The first-order valence-corrected chi connectivity index (χ1v) is 9.28. The SMILES string of the molecule is Cc1cccc(Nc2nc(N3C[C@H](C)C[C@@H](C)C3)nc3c2cnn3C)c1. The van der Waals surface area contributed by atoms with Crippen LogP contribution in [0.1, 0.15) is 25.8 Å². The van der Waals surface area contributed by atoms with E-state index in [0.717, 1.165) is 41.6 Å². The molecule has 1 fully saturated rings. The Morgan fingerprint density at radius 3 is 2.62 bits per heavy atom. The van der Waals surface area contributed by atoms with Gasteiger partial charge < -0.3 is 10.2 Å². The number of hydrogen-bond acceptors (Lipinski definition) is 5. The van der Waals surface area contributed by atoms with Gasteiger partial charge in [-0.15, -0.1) is 0 Å². The number of fused-ring (bicyclic) bond motifs is 1. The van der Waals surface area contributed by atoms with E-state index in [1.165, 1.54) is 12.0 Å². The largest absolute Gasteiger partial charge is 0.340 e. The molecule has 0 aliphatic carbocycles. The van der Waals surface area contributed by atoms with Crippen molar-refractivity contribution in [3.8, 4) is 0 Å². The van der Waals surface area contributed by atoms with Gasteiger partial charge in [0.1, 0.15) is 5.82 Å². The molecule has 3 heterocycles. The molecular weight excluding hydrogens is 324 g/mol. The minimum Gasteiger partial charge on any atom is -0.340 e. The Morgan fingerprint density at radius 1 is 1.12 bits per heavy atom. The summed E-state index contributed by atoms with van der Waals surface area (Å²) in [5.74, 6) is 2.90. The highest BCUT2D eigenvalue weighted by Gasteiger charge is 2.25. The lowest BCUT2D eigenvalue weighted by molar-refractivity contribution is 0.354. The van der Waals surface area contributed by atoms with Gasteiger partial charge in [0.2, 0.25) is 5.95 Å². The fraction of sp³-hybridized carbons (Fsp3) is 0.450. The van der Waals surface area contributed by atoms with E-state index >= 15 is 0 Å². The molecule has 0 saturated carbocycles. The Hall–Kier alpha value is -2.63. The van der Waals surface area contributed by atoms with Crippen molar-refractivity contribution in [1.82, 2.24) is 19.7 Å². The fourth-order valence-electron chi connectivity index (χ4n) is 3.93. The Balaban J connectivity index is 1.76. The van der Waals surface area contributed by atoms with Crippen molar-refractivity contribution in [2.24, 2.45) is 18.9 Å². The molecule has 2 aromatic heterocycles. The van der Waals surface area contributed by atoms with Gasteiger partial charge in [0.15, 0.2) is 5.65 Å². The Kier molecular flexibility index (Phi) is 4.26. The van der Waals surface area contributed by atoms with Crippen molar-refractivity contribution >= 4 is 28.5 Å².